The molecule has 3 rings (SSSR count). The molecule has 0 aliphatic rings. The number of amides is 1. The number of aromatic nitrogens is 2. The third kappa shape index (κ3) is 3.77. The number of carboxylic acids is 1. The van der Waals surface area contributed by atoms with E-state index in [1.807, 2.05) is 42.8 Å². The number of aromatic carboxylic acids is 1. The molecular weight excluding hydrogens is 322 g/mol. The van der Waals surface area contributed by atoms with Crippen LogP contribution in [0.25, 0.3) is 0 Å². The van der Waals surface area contributed by atoms with Crippen molar-refractivity contribution >= 4 is 17.6 Å². The normalized spacial score (nSPS) is 10.6. The molecule has 2 heterocycles. The van der Waals surface area contributed by atoms with Crippen molar-refractivity contribution in [2.24, 2.45) is 0 Å². The van der Waals surface area contributed by atoms with Gasteiger partial charge in [-0.2, -0.15) is 5.10 Å². The first kappa shape index (κ1) is 16.5. The Morgan fingerprint density at radius 3 is 2.68 bits per heavy atom. The van der Waals surface area contributed by atoms with Gasteiger partial charge in [-0.1, -0.05) is 12.1 Å². The lowest BCUT2D eigenvalue weighted by molar-refractivity contribution is 0.0696. The summed E-state index contributed by atoms with van der Waals surface area (Å²) in [5.74, 6) is -1.70. The van der Waals surface area contributed by atoms with E-state index in [1.54, 1.807) is 6.07 Å². The molecule has 0 spiro atoms. The molecule has 7 nitrogen and oxygen atoms in total. The highest BCUT2D eigenvalue weighted by Crippen LogP contribution is 2.15. The number of anilines is 1. The van der Waals surface area contributed by atoms with Crippen LogP contribution in [0.15, 0.2) is 47.1 Å². The van der Waals surface area contributed by atoms with Gasteiger partial charge in [-0.05, 0) is 37.6 Å². The molecule has 1 aromatic carbocycles. The number of hydrogen-bond acceptors (Lipinski definition) is 4. The number of nitrogens with one attached hydrogen (secondary N) is 1. The first-order chi connectivity index (χ1) is 11.9. The van der Waals surface area contributed by atoms with Crippen molar-refractivity contribution in [2.75, 3.05) is 5.32 Å². The lowest BCUT2D eigenvalue weighted by atomic mass is 10.2. The second kappa shape index (κ2) is 6.64. The number of benzene rings is 1. The molecule has 0 radical (unpaired) electrons. The molecule has 7 heteroatoms. The fourth-order valence-electron chi connectivity index (χ4n) is 2.52. The largest absolute Gasteiger partial charge is 0.478 e. The monoisotopic (exact) mass is 339 g/mol. The Labute approximate surface area is 143 Å². The highest BCUT2D eigenvalue weighted by Gasteiger charge is 2.15. The predicted molar refractivity (Wildman–Crippen MR) is 90.9 cm³/mol. The Hall–Kier alpha value is -3.35. The summed E-state index contributed by atoms with van der Waals surface area (Å²) in [4.78, 5) is 23.0. The smallest absolute Gasteiger partial charge is 0.338 e. The topological polar surface area (TPSA) is 97.4 Å². The summed E-state index contributed by atoms with van der Waals surface area (Å²) in [5.41, 5.74) is 3.52. The molecule has 1 amide bonds. The highest BCUT2D eigenvalue weighted by atomic mass is 16.4. The number of aryl methyl sites for hydroxylation is 2. The maximum atomic E-state index is 12.2. The molecule has 0 saturated carbocycles. The number of furan rings is 1. The van der Waals surface area contributed by atoms with Gasteiger partial charge >= 0.3 is 5.97 Å². The van der Waals surface area contributed by atoms with Crippen LogP contribution in [0.3, 0.4) is 0 Å². The van der Waals surface area contributed by atoms with Gasteiger partial charge in [0, 0.05) is 17.4 Å². The molecule has 0 saturated heterocycles. The lowest BCUT2D eigenvalue weighted by Gasteiger charge is -2.08. The van der Waals surface area contributed by atoms with Crippen molar-refractivity contribution in [2.45, 2.75) is 20.4 Å². The maximum absolute atomic E-state index is 12.2. The van der Waals surface area contributed by atoms with Crippen LogP contribution in [0.4, 0.5) is 5.69 Å². The Morgan fingerprint density at radius 1 is 1.24 bits per heavy atom. The molecule has 0 atom stereocenters. The van der Waals surface area contributed by atoms with Crippen molar-refractivity contribution < 1.29 is 19.1 Å². The number of carboxylic acid groups (broad SMARTS) is 1. The van der Waals surface area contributed by atoms with Gasteiger partial charge in [0.25, 0.3) is 5.91 Å². The summed E-state index contributed by atoms with van der Waals surface area (Å²) in [6, 6.07) is 10.6. The first-order valence-corrected chi connectivity index (χ1v) is 7.65. The standard InChI is InChI=1S/C18H17N3O4/c1-11-6-12(2)21(20-11)9-13-4-3-5-15(7-13)19-17(22)16-8-14(10-25-16)18(23)24/h3-8,10H,9H2,1-2H3,(H,19,22)(H,23,24). The molecule has 0 aliphatic carbocycles. The van der Waals surface area contributed by atoms with Crippen LogP contribution in [0.2, 0.25) is 0 Å². The fraction of sp³-hybridized carbons (Fsp3) is 0.167. The fourth-order valence-corrected chi connectivity index (χ4v) is 2.52. The molecule has 0 fully saturated rings. The molecule has 128 valence electrons. The van der Waals surface area contributed by atoms with Crippen molar-refractivity contribution in [3.8, 4) is 0 Å². The van der Waals surface area contributed by atoms with Crippen LogP contribution in [0.1, 0.15) is 37.9 Å². The molecular formula is C18H17N3O4. The van der Waals surface area contributed by atoms with E-state index < -0.39 is 11.9 Å². The summed E-state index contributed by atoms with van der Waals surface area (Å²) >= 11 is 0. The zero-order valence-electron chi connectivity index (χ0n) is 13.8. The van der Waals surface area contributed by atoms with Gasteiger partial charge in [-0.25, -0.2) is 4.79 Å². The van der Waals surface area contributed by atoms with E-state index in [0.717, 1.165) is 23.2 Å². The second-order valence-electron chi connectivity index (χ2n) is 5.74. The third-order valence-corrected chi connectivity index (χ3v) is 3.69. The zero-order chi connectivity index (χ0) is 18.0. The van der Waals surface area contributed by atoms with Gasteiger partial charge < -0.3 is 14.8 Å². The Bertz CT molecular complexity index is 939. The summed E-state index contributed by atoms with van der Waals surface area (Å²) in [6.45, 7) is 4.52. The highest BCUT2D eigenvalue weighted by molar-refractivity contribution is 6.03. The Morgan fingerprint density at radius 2 is 2.04 bits per heavy atom. The first-order valence-electron chi connectivity index (χ1n) is 7.65. The van der Waals surface area contributed by atoms with Crippen molar-refractivity contribution in [3.05, 3.63) is 70.9 Å². The molecule has 3 aromatic rings. The minimum Gasteiger partial charge on any atom is -0.478 e. The average Bonchev–Trinajstić information content (AvgIpc) is 3.15. The number of carbonyl (C=O) groups excluding carboxylic acids is 1. The van der Waals surface area contributed by atoms with E-state index in [2.05, 4.69) is 10.4 Å². The van der Waals surface area contributed by atoms with Crippen LogP contribution in [-0.4, -0.2) is 26.8 Å². The van der Waals surface area contributed by atoms with E-state index in [1.165, 1.54) is 6.07 Å². The zero-order valence-corrected chi connectivity index (χ0v) is 13.8. The van der Waals surface area contributed by atoms with Crippen LogP contribution < -0.4 is 5.32 Å². The quantitative estimate of drug-likeness (QED) is 0.744. The van der Waals surface area contributed by atoms with E-state index >= 15 is 0 Å². The summed E-state index contributed by atoms with van der Waals surface area (Å²) < 4.78 is 6.89. The van der Waals surface area contributed by atoms with E-state index in [9.17, 15) is 9.59 Å². The Balaban J connectivity index is 1.73. The predicted octanol–water partition coefficient (Wildman–Crippen LogP) is 3.09. The lowest BCUT2D eigenvalue weighted by Crippen LogP contribution is -2.11. The number of nitrogens with zero attached hydrogens (tertiary/aromatic N) is 2. The van der Waals surface area contributed by atoms with Gasteiger partial charge in [-0.3, -0.25) is 9.48 Å². The molecule has 25 heavy (non-hydrogen) atoms. The van der Waals surface area contributed by atoms with Crippen molar-refractivity contribution in [3.63, 3.8) is 0 Å². The third-order valence-electron chi connectivity index (χ3n) is 3.69. The number of carbonyl (C=O) groups is 2. The molecule has 0 aliphatic heterocycles. The Kier molecular flexibility index (Phi) is 4.38. The van der Waals surface area contributed by atoms with Gasteiger partial charge in [-0.15, -0.1) is 0 Å². The summed E-state index contributed by atoms with van der Waals surface area (Å²) in [5, 5.41) is 16.0. The second-order valence-corrected chi connectivity index (χ2v) is 5.74. The van der Waals surface area contributed by atoms with Crippen LogP contribution >= 0.6 is 0 Å². The number of hydrogen-bond donors (Lipinski definition) is 2. The summed E-state index contributed by atoms with van der Waals surface area (Å²) in [7, 11) is 0. The van der Waals surface area contributed by atoms with E-state index in [4.69, 9.17) is 9.52 Å². The number of rotatable bonds is 5. The van der Waals surface area contributed by atoms with E-state index in [-0.39, 0.29) is 11.3 Å². The summed E-state index contributed by atoms with van der Waals surface area (Å²) in [6.07, 6.45) is 1.04. The minimum atomic E-state index is -1.14. The molecule has 2 aromatic heterocycles. The molecule has 0 bridgehead atoms. The van der Waals surface area contributed by atoms with Gasteiger partial charge in [0.2, 0.25) is 0 Å². The van der Waals surface area contributed by atoms with Gasteiger partial charge in [0.15, 0.2) is 5.76 Å². The van der Waals surface area contributed by atoms with Gasteiger partial charge in [0.1, 0.15) is 6.26 Å². The maximum Gasteiger partial charge on any atom is 0.338 e. The average molecular weight is 339 g/mol. The van der Waals surface area contributed by atoms with Crippen LogP contribution in [-0.2, 0) is 6.54 Å². The van der Waals surface area contributed by atoms with Gasteiger partial charge in [0.05, 0.1) is 17.8 Å². The SMILES string of the molecule is Cc1cc(C)n(Cc2cccc(NC(=O)c3cc(C(=O)O)co3)c2)n1. The van der Waals surface area contributed by atoms with Crippen molar-refractivity contribution in [1.82, 2.24) is 9.78 Å². The molecule has 2 N–H and O–H groups in total. The van der Waals surface area contributed by atoms with Crippen molar-refractivity contribution in [1.29, 1.82) is 0 Å². The van der Waals surface area contributed by atoms with E-state index in [0.29, 0.717) is 12.2 Å². The molecule has 0 unspecified atom stereocenters. The minimum absolute atomic E-state index is 0.0543. The van der Waals surface area contributed by atoms with Crippen LogP contribution in [0, 0.1) is 13.8 Å². The van der Waals surface area contributed by atoms with Crippen LogP contribution in [0.5, 0.6) is 0 Å².